The molecule has 1 atom stereocenters. The zero-order valence-corrected chi connectivity index (χ0v) is 12.6. The molecule has 0 N–H and O–H groups in total. The smallest absolute Gasteiger partial charge is 0.124 e. The van der Waals surface area contributed by atoms with Crippen LogP contribution in [0, 0.1) is 0 Å². The minimum absolute atomic E-state index is 0.0737. The molecule has 2 nitrogen and oxygen atoms in total. The van der Waals surface area contributed by atoms with Gasteiger partial charge in [-0.3, -0.25) is 0 Å². The molecule has 0 amide bonds. The Bertz CT molecular complexity index is 644. The molecule has 3 rings (SSSR count). The maximum absolute atomic E-state index is 4.23. The van der Waals surface area contributed by atoms with Crippen molar-refractivity contribution in [3.8, 4) is 0 Å². The third-order valence-corrected chi connectivity index (χ3v) is 3.96. The fourth-order valence-corrected chi connectivity index (χ4v) is 2.86. The first-order chi connectivity index (χ1) is 8.75. The second-order valence-corrected chi connectivity index (χ2v) is 5.76. The van der Waals surface area contributed by atoms with Crippen LogP contribution in [0.4, 0.5) is 5.69 Å². The summed E-state index contributed by atoms with van der Waals surface area (Å²) in [7, 11) is 0. The molecule has 0 radical (unpaired) electrons. The third-order valence-electron chi connectivity index (χ3n) is 2.88. The quantitative estimate of drug-likeness (QED) is 0.530. The largest absolute Gasteiger partial charge is 0.327 e. The number of fused-ring (bicyclic) bond motifs is 1. The van der Waals surface area contributed by atoms with Crippen LogP contribution in [0.3, 0.4) is 0 Å². The third kappa shape index (κ3) is 2.10. The first-order valence-corrected chi connectivity index (χ1v) is 7.28. The molecule has 2 aromatic carbocycles. The lowest BCUT2D eigenvalue weighted by Crippen LogP contribution is -2.29. The van der Waals surface area contributed by atoms with E-state index >= 15 is 0 Å². The van der Waals surface area contributed by atoms with Gasteiger partial charge in [0.05, 0.1) is 0 Å². The van der Waals surface area contributed by atoms with E-state index in [1.807, 2.05) is 12.4 Å². The molecule has 90 valence electrons. The van der Waals surface area contributed by atoms with E-state index in [-0.39, 0.29) is 4.95 Å². The molecule has 0 saturated carbocycles. The Balaban J connectivity index is 2.17. The number of benzene rings is 2. The Kier molecular flexibility index (Phi) is 3.22. The first kappa shape index (κ1) is 11.9. The molecule has 4 heteroatoms. The maximum atomic E-state index is 4.23. The van der Waals surface area contributed by atoms with Gasteiger partial charge in [-0.25, -0.2) is 4.99 Å². The van der Waals surface area contributed by atoms with Crippen molar-refractivity contribution in [3.05, 3.63) is 53.3 Å². The summed E-state index contributed by atoms with van der Waals surface area (Å²) in [4.78, 5) is 6.46. The fourth-order valence-electron chi connectivity index (χ4n) is 2.06. The molecule has 0 spiro atoms. The highest BCUT2D eigenvalue weighted by atomic mass is 79.9. The highest BCUT2D eigenvalue weighted by Gasteiger charge is 2.17. The van der Waals surface area contributed by atoms with E-state index in [2.05, 4.69) is 84.2 Å². The average Bonchev–Trinajstić information content (AvgIpc) is 2.41. The van der Waals surface area contributed by atoms with Gasteiger partial charge in [0.1, 0.15) is 9.56 Å². The van der Waals surface area contributed by atoms with E-state index in [1.165, 1.54) is 10.8 Å². The molecular weight excluding hydrogens is 356 g/mol. The Hall–Kier alpha value is -1.13. The minimum atomic E-state index is 0.0737. The second kappa shape index (κ2) is 4.86. The number of anilines is 1. The van der Waals surface area contributed by atoms with Gasteiger partial charge in [0.15, 0.2) is 0 Å². The van der Waals surface area contributed by atoms with Crippen molar-refractivity contribution in [1.29, 1.82) is 0 Å². The molecule has 0 aromatic heterocycles. The Morgan fingerprint density at radius 1 is 1.06 bits per heavy atom. The van der Waals surface area contributed by atoms with Crippen molar-refractivity contribution in [2.45, 2.75) is 4.95 Å². The van der Waals surface area contributed by atoms with E-state index in [0.717, 1.165) is 10.3 Å². The fraction of sp³-hybridized carbons (Fsp3) is 0.0714. The summed E-state index contributed by atoms with van der Waals surface area (Å²) < 4.78 is 0.825. The van der Waals surface area contributed by atoms with Crippen molar-refractivity contribution in [1.82, 2.24) is 0 Å². The van der Waals surface area contributed by atoms with Gasteiger partial charge in [-0.1, -0.05) is 52.3 Å². The lowest BCUT2D eigenvalue weighted by molar-refractivity contribution is 1.07. The van der Waals surface area contributed by atoms with Crippen LogP contribution in [0.1, 0.15) is 0 Å². The molecule has 0 aliphatic carbocycles. The SMILES string of the molecule is BrC1=CN(c2cccc3ccccc23)C(Br)C=N1. The van der Waals surface area contributed by atoms with Crippen LogP contribution in [0.25, 0.3) is 10.8 Å². The van der Waals surface area contributed by atoms with Crippen molar-refractivity contribution >= 4 is 54.5 Å². The summed E-state index contributed by atoms with van der Waals surface area (Å²) in [5, 5.41) is 2.47. The lowest BCUT2D eigenvalue weighted by atomic mass is 10.1. The summed E-state index contributed by atoms with van der Waals surface area (Å²) >= 11 is 7.03. The summed E-state index contributed by atoms with van der Waals surface area (Å²) in [5.41, 5.74) is 1.16. The lowest BCUT2D eigenvalue weighted by Gasteiger charge is -2.27. The monoisotopic (exact) mass is 364 g/mol. The van der Waals surface area contributed by atoms with Gasteiger partial charge < -0.3 is 4.90 Å². The number of hydrogen-bond donors (Lipinski definition) is 0. The molecular formula is C14H10Br2N2. The topological polar surface area (TPSA) is 15.6 Å². The van der Waals surface area contributed by atoms with Crippen molar-refractivity contribution in [2.24, 2.45) is 4.99 Å². The molecule has 1 aliphatic heterocycles. The molecule has 18 heavy (non-hydrogen) atoms. The van der Waals surface area contributed by atoms with Crippen LogP contribution in [-0.4, -0.2) is 11.2 Å². The van der Waals surface area contributed by atoms with Gasteiger partial charge in [-0.2, -0.15) is 0 Å². The number of halogens is 2. The molecule has 1 heterocycles. The van der Waals surface area contributed by atoms with E-state index in [1.54, 1.807) is 0 Å². The molecule has 1 unspecified atom stereocenters. The number of alkyl halides is 1. The minimum Gasteiger partial charge on any atom is -0.327 e. The van der Waals surface area contributed by atoms with E-state index in [0.29, 0.717) is 0 Å². The van der Waals surface area contributed by atoms with Crippen molar-refractivity contribution in [3.63, 3.8) is 0 Å². The van der Waals surface area contributed by atoms with Crippen LogP contribution in [0.15, 0.2) is 58.3 Å². The molecule has 1 aliphatic rings. The summed E-state index contributed by atoms with van der Waals surface area (Å²) in [6.45, 7) is 0. The highest BCUT2D eigenvalue weighted by molar-refractivity contribution is 9.11. The van der Waals surface area contributed by atoms with Gasteiger partial charge in [0, 0.05) is 23.5 Å². The zero-order valence-electron chi connectivity index (χ0n) is 9.42. The Morgan fingerprint density at radius 3 is 2.72 bits per heavy atom. The van der Waals surface area contributed by atoms with Crippen molar-refractivity contribution in [2.75, 3.05) is 4.90 Å². The van der Waals surface area contributed by atoms with Gasteiger partial charge in [-0.05, 0) is 27.4 Å². The highest BCUT2D eigenvalue weighted by Crippen LogP contribution is 2.31. The molecule has 0 saturated heterocycles. The van der Waals surface area contributed by atoms with Gasteiger partial charge in [0.2, 0.25) is 0 Å². The van der Waals surface area contributed by atoms with Gasteiger partial charge >= 0.3 is 0 Å². The predicted molar refractivity (Wildman–Crippen MR) is 84.6 cm³/mol. The van der Waals surface area contributed by atoms with E-state index in [4.69, 9.17) is 0 Å². The average molecular weight is 366 g/mol. The zero-order chi connectivity index (χ0) is 12.5. The number of hydrogen-bond acceptors (Lipinski definition) is 2. The van der Waals surface area contributed by atoms with Crippen LogP contribution in [0.2, 0.25) is 0 Å². The summed E-state index contributed by atoms with van der Waals surface area (Å²) in [6, 6.07) is 14.7. The van der Waals surface area contributed by atoms with Crippen LogP contribution in [0.5, 0.6) is 0 Å². The van der Waals surface area contributed by atoms with Crippen molar-refractivity contribution < 1.29 is 0 Å². The summed E-state index contributed by atoms with van der Waals surface area (Å²) in [6.07, 6.45) is 3.85. The van der Waals surface area contributed by atoms with Gasteiger partial charge in [0.25, 0.3) is 0 Å². The molecule has 2 aromatic rings. The number of nitrogens with zero attached hydrogens (tertiary/aromatic N) is 2. The number of rotatable bonds is 1. The standard InChI is InChI=1S/C14H10Br2N2/c15-13-9-18(14(16)8-17-13)12-7-3-5-10-4-1-2-6-11(10)12/h1-9,14H. The molecule has 0 bridgehead atoms. The van der Waals surface area contributed by atoms with Gasteiger partial charge in [-0.15, -0.1) is 0 Å². The van der Waals surface area contributed by atoms with Crippen LogP contribution >= 0.6 is 31.9 Å². The normalized spacial score (nSPS) is 19.1. The Labute approximate surface area is 122 Å². The first-order valence-electron chi connectivity index (χ1n) is 5.57. The summed E-state index contributed by atoms with van der Waals surface area (Å²) in [5.74, 6) is 0. The Morgan fingerprint density at radius 2 is 1.83 bits per heavy atom. The molecule has 0 fully saturated rings. The number of aliphatic imine (C=N–C) groups is 1. The van der Waals surface area contributed by atoms with E-state index in [9.17, 15) is 0 Å². The van der Waals surface area contributed by atoms with Crippen LogP contribution < -0.4 is 4.90 Å². The second-order valence-electron chi connectivity index (χ2n) is 4.01. The van der Waals surface area contributed by atoms with E-state index < -0.39 is 0 Å². The van der Waals surface area contributed by atoms with Crippen LogP contribution in [-0.2, 0) is 0 Å². The predicted octanol–water partition coefficient (Wildman–Crippen LogP) is 4.65. The maximum Gasteiger partial charge on any atom is 0.124 e.